The first kappa shape index (κ1) is 16.6. The van der Waals surface area contributed by atoms with E-state index in [9.17, 15) is 0 Å². The number of hydrogen-bond donors (Lipinski definition) is 0. The first-order valence-electron chi connectivity index (χ1n) is 7.52. The topological polar surface area (TPSA) is 18.5 Å². The second-order valence-electron chi connectivity index (χ2n) is 4.84. The third-order valence-corrected chi connectivity index (χ3v) is 3.47. The molecule has 0 atom stereocenters. The van der Waals surface area contributed by atoms with Crippen LogP contribution in [0.3, 0.4) is 0 Å². The summed E-state index contributed by atoms with van der Waals surface area (Å²) in [4.78, 5) is 0. The Morgan fingerprint density at radius 3 is 1.95 bits per heavy atom. The highest BCUT2D eigenvalue weighted by Gasteiger charge is 1.95. The van der Waals surface area contributed by atoms with Crippen LogP contribution in [0.5, 0.6) is 11.5 Å². The molecule has 0 fully saturated rings. The second-order valence-corrected chi connectivity index (χ2v) is 5.49. The Balaban J connectivity index is 1.59. The molecule has 0 spiro atoms. The predicted molar refractivity (Wildman–Crippen MR) is 95.9 cm³/mol. The van der Waals surface area contributed by atoms with Gasteiger partial charge >= 0.3 is 0 Å². The maximum Gasteiger partial charge on any atom is 0.119 e. The summed E-state index contributed by atoms with van der Waals surface area (Å²) in [5, 5.41) is 0.871. The molecular formula is C19H21BrO2. The summed E-state index contributed by atoms with van der Waals surface area (Å²) in [6, 6.07) is 18.0. The van der Waals surface area contributed by atoms with Crippen molar-refractivity contribution in [3.8, 4) is 11.5 Å². The number of hydrogen-bond acceptors (Lipinski definition) is 2. The Morgan fingerprint density at radius 2 is 1.36 bits per heavy atom. The average molecular weight is 361 g/mol. The Bertz CT molecular complexity index is 549. The van der Waals surface area contributed by atoms with Crippen LogP contribution < -0.4 is 9.47 Å². The predicted octanol–water partition coefficient (Wildman–Crippen LogP) is 5.33. The van der Waals surface area contributed by atoms with E-state index in [1.54, 1.807) is 0 Å². The van der Waals surface area contributed by atoms with E-state index in [0.29, 0.717) is 6.61 Å². The van der Waals surface area contributed by atoms with Gasteiger partial charge in [-0.1, -0.05) is 58.4 Å². The van der Waals surface area contributed by atoms with E-state index in [1.165, 1.54) is 5.56 Å². The van der Waals surface area contributed by atoms with E-state index >= 15 is 0 Å². The number of ether oxygens (including phenoxy) is 2. The molecule has 0 saturated heterocycles. The zero-order chi connectivity index (χ0) is 15.5. The maximum atomic E-state index is 5.73. The minimum absolute atomic E-state index is 0.717. The molecule has 3 heteroatoms. The van der Waals surface area contributed by atoms with E-state index in [1.807, 2.05) is 42.5 Å². The molecule has 2 aromatic rings. The van der Waals surface area contributed by atoms with Crippen molar-refractivity contribution in [3.63, 3.8) is 0 Å². The Hall–Kier alpha value is -1.74. The minimum atomic E-state index is 0.717. The molecule has 2 aromatic carbocycles. The fourth-order valence-corrected chi connectivity index (χ4v) is 2.14. The molecule has 0 N–H and O–H groups in total. The smallest absolute Gasteiger partial charge is 0.119 e. The molecular weight excluding hydrogens is 340 g/mol. The van der Waals surface area contributed by atoms with Gasteiger partial charge in [-0.2, -0.15) is 0 Å². The molecule has 2 nitrogen and oxygen atoms in total. The van der Waals surface area contributed by atoms with Crippen molar-refractivity contribution in [2.75, 3.05) is 18.5 Å². The molecule has 0 unspecified atom stereocenters. The molecule has 0 aliphatic carbocycles. The highest BCUT2D eigenvalue weighted by atomic mass is 79.9. The molecule has 0 amide bonds. The van der Waals surface area contributed by atoms with Crippen LogP contribution >= 0.6 is 15.9 Å². The molecule has 116 valence electrons. The number of unbranched alkanes of at least 4 members (excludes halogenated alkanes) is 1. The molecule has 2 rings (SSSR count). The molecule has 0 aliphatic rings. The van der Waals surface area contributed by atoms with E-state index in [4.69, 9.17) is 9.47 Å². The van der Waals surface area contributed by atoms with Crippen molar-refractivity contribution in [2.45, 2.75) is 12.8 Å². The highest BCUT2D eigenvalue weighted by molar-refractivity contribution is 9.09. The Kier molecular flexibility index (Phi) is 7.61. The summed E-state index contributed by atoms with van der Waals surface area (Å²) in [7, 11) is 0. The monoisotopic (exact) mass is 360 g/mol. The molecule has 0 aliphatic heterocycles. The van der Waals surface area contributed by atoms with E-state index in [0.717, 1.165) is 36.3 Å². The minimum Gasteiger partial charge on any atom is -0.494 e. The van der Waals surface area contributed by atoms with E-state index in [-0.39, 0.29) is 0 Å². The summed E-state index contributed by atoms with van der Waals surface area (Å²) in [5.41, 5.74) is 1.18. The van der Waals surface area contributed by atoms with Gasteiger partial charge in [0.2, 0.25) is 0 Å². The van der Waals surface area contributed by atoms with Gasteiger partial charge in [-0.3, -0.25) is 0 Å². The molecule has 0 radical (unpaired) electrons. The summed E-state index contributed by atoms with van der Waals surface area (Å²) >= 11 is 3.37. The molecule has 22 heavy (non-hydrogen) atoms. The Morgan fingerprint density at radius 1 is 0.773 bits per heavy atom. The SMILES string of the molecule is BrC/C=C/c1ccc(OCCCCOc2ccccc2)cc1. The normalized spacial score (nSPS) is 10.8. The highest BCUT2D eigenvalue weighted by Crippen LogP contribution is 2.14. The van der Waals surface area contributed by atoms with Gasteiger partial charge < -0.3 is 9.47 Å². The third-order valence-electron chi connectivity index (χ3n) is 3.10. The van der Waals surface area contributed by atoms with Gasteiger partial charge in [0.05, 0.1) is 13.2 Å². The lowest BCUT2D eigenvalue weighted by Crippen LogP contribution is -2.02. The van der Waals surface area contributed by atoms with Crippen molar-refractivity contribution in [2.24, 2.45) is 0 Å². The van der Waals surface area contributed by atoms with Crippen LogP contribution in [0, 0.1) is 0 Å². The average Bonchev–Trinajstić information content (AvgIpc) is 2.58. The van der Waals surface area contributed by atoms with Gasteiger partial charge in [0.25, 0.3) is 0 Å². The number of benzene rings is 2. The summed E-state index contributed by atoms with van der Waals surface area (Å²) < 4.78 is 11.4. The van der Waals surface area contributed by atoms with Gasteiger partial charge in [0, 0.05) is 5.33 Å². The van der Waals surface area contributed by atoms with Crippen molar-refractivity contribution < 1.29 is 9.47 Å². The lowest BCUT2D eigenvalue weighted by Gasteiger charge is -2.08. The van der Waals surface area contributed by atoms with Crippen LogP contribution in [0.1, 0.15) is 18.4 Å². The van der Waals surface area contributed by atoms with Gasteiger partial charge in [-0.05, 0) is 42.7 Å². The van der Waals surface area contributed by atoms with Gasteiger partial charge in [-0.15, -0.1) is 0 Å². The lowest BCUT2D eigenvalue weighted by molar-refractivity contribution is 0.266. The molecule has 0 saturated carbocycles. The van der Waals surface area contributed by atoms with Crippen molar-refractivity contribution in [1.82, 2.24) is 0 Å². The standard InChI is InChI=1S/C19H21BrO2/c20-14-6-7-17-10-12-19(13-11-17)22-16-5-4-15-21-18-8-2-1-3-9-18/h1-3,6-13H,4-5,14-16H2/b7-6+. The third kappa shape index (κ3) is 6.35. The van der Waals surface area contributed by atoms with Crippen LogP contribution in [0.15, 0.2) is 60.7 Å². The van der Waals surface area contributed by atoms with Gasteiger partial charge in [0.1, 0.15) is 11.5 Å². The number of para-hydroxylation sites is 1. The van der Waals surface area contributed by atoms with E-state index in [2.05, 4.69) is 40.2 Å². The number of alkyl halides is 1. The zero-order valence-electron chi connectivity index (χ0n) is 12.6. The van der Waals surface area contributed by atoms with Crippen LogP contribution in [-0.4, -0.2) is 18.5 Å². The number of allylic oxidation sites excluding steroid dienone is 1. The number of rotatable bonds is 9. The fraction of sp³-hybridized carbons (Fsp3) is 0.263. The Labute approximate surface area is 140 Å². The van der Waals surface area contributed by atoms with Crippen LogP contribution in [0.2, 0.25) is 0 Å². The summed E-state index contributed by atoms with van der Waals surface area (Å²) in [6.45, 7) is 1.44. The lowest BCUT2D eigenvalue weighted by atomic mass is 10.2. The quantitative estimate of drug-likeness (QED) is 0.444. The first-order chi connectivity index (χ1) is 10.9. The van der Waals surface area contributed by atoms with Crippen molar-refractivity contribution >= 4 is 22.0 Å². The van der Waals surface area contributed by atoms with Gasteiger partial charge in [-0.25, -0.2) is 0 Å². The van der Waals surface area contributed by atoms with Crippen molar-refractivity contribution in [1.29, 1.82) is 0 Å². The fourth-order valence-electron chi connectivity index (χ4n) is 1.96. The largest absolute Gasteiger partial charge is 0.494 e. The molecule has 0 aromatic heterocycles. The van der Waals surface area contributed by atoms with Crippen molar-refractivity contribution in [3.05, 3.63) is 66.2 Å². The number of halogens is 1. The summed E-state index contributed by atoms with van der Waals surface area (Å²) in [6.07, 6.45) is 6.13. The van der Waals surface area contributed by atoms with Crippen LogP contribution in [0.4, 0.5) is 0 Å². The van der Waals surface area contributed by atoms with E-state index < -0.39 is 0 Å². The maximum absolute atomic E-state index is 5.73. The molecule has 0 bridgehead atoms. The zero-order valence-corrected chi connectivity index (χ0v) is 14.2. The van der Waals surface area contributed by atoms with Crippen LogP contribution in [-0.2, 0) is 0 Å². The van der Waals surface area contributed by atoms with Crippen LogP contribution in [0.25, 0.3) is 6.08 Å². The molecule has 0 heterocycles. The van der Waals surface area contributed by atoms with Gasteiger partial charge in [0.15, 0.2) is 0 Å². The summed E-state index contributed by atoms with van der Waals surface area (Å²) in [5.74, 6) is 1.84. The first-order valence-corrected chi connectivity index (χ1v) is 8.64. The second kappa shape index (κ2) is 10.1.